The molecule has 3 rings (SSSR count). The van der Waals surface area contributed by atoms with Crippen LogP contribution < -0.4 is 5.73 Å². The largest absolute Gasteiger partial charge is 0.433 e. The quantitative estimate of drug-likeness (QED) is 0.732. The standard InChI is InChI=1S/C11H9BrN4OS/c1-2-7-10(18-16-15-7)11-14-8-4-5(12)3-6(13)9(8)17-11/h3-4H,2,13H2,1H3. The van der Waals surface area contributed by atoms with Crippen molar-refractivity contribution in [2.75, 3.05) is 5.73 Å². The van der Waals surface area contributed by atoms with Gasteiger partial charge in [-0.05, 0) is 30.1 Å². The van der Waals surface area contributed by atoms with Crippen LogP contribution in [0.15, 0.2) is 21.0 Å². The summed E-state index contributed by atoms with van der Waals surface area (Å²) < 4.78 is 10.5. The van der Waals surface area contributed by atoms with E-state index >= 15 is 0 Å². The van der Waals surface area contributed by atoms with Crippen LogP contribution in [0.1, 0.15) is 12.6 Å². The van der Waals surface area contributed by atoms with Gasteiger partial charge in [0.2, 0.25) is 5.89 Å². The Bertz CT molecular complexity index is 721. The SMILES string of the molecule is CCc1nnsc1-c1nc2cc(Br)cc(N)c2o1. The monoisotopic (exact) mass is 324 g/mol. The molecule has 0 aliphatic rings. The van der Waals surface area contributed by atoms with Crippen molar-refractivity contribution >= 4 is 44.2 Å². The van der Waals surface area contributed by atoms with Gasteiger partial charge in [-0.2, -0.15) is 0 Å². The van der Waals surface area contributed by atoms with Gasteiger partial charge >= 0.3 is 0 Å². The molecular weight excluding hydrogens is 316 g/mol. The van der Waals surface area contributed by atoms with E-state index in [-0.39, 0.29) is 0 Å². The summed E-state index contributed by atoms with van der Waals surface area (Å²) in [5, 5.41) is 4.05. The number of anilines is 1. The van der Waals surface area contributed by atoms with Gasteiger partial charge in [0.15, 0.2) is 5.58 Å². The summed E-state index contributed by atoms with van der Waals surface area (Å²) in [4.78, 5) is 5.30. The van der Waals surface area contributed by atoms with Crippen LogP contribution in [0, 0.1) is 0 Å². The zero-order chi connectivity index (χ0) is 12.7. The fourth-order valence-electron chi connectivity index (χ4n) is 1.72. The lowest BCUT2D eigenvalue weighted by atomic mass is 10.3. The number of nitrogens with two attached hydrogens (primary N) is 1. The predicted molar refractivity (Wildman–Crippen MR) is 74.4 cm³/mol. The minimum Gasteiger partial charge on any atom is -0.433 e. The minimum absolute atomic E-state index is 0.529. The second kappa shape index (κ2) is 4.33. The smallest absolute Gasteiger partial charge is 0.241 e. The normalized spacial score (nSPS) is 11.2. The van der Waals surface area contributed by atoms with Gasteiger partial charge in [0.25, 0.3) is 0 Å². The molecule has 0 aliphatic heterocycles. The molecular formula is C11H9BrN4OS. The molecule has 0 aliphatic carbocycles. The van der Waals surface area contributed by atoms with E-state index in [2.05, 4.69) is 30.5 Å². The number of halogens is 1. The Morgan fingerprint density at radius 3 is 3.06 bits per heavy atom. The molecule has 3 aromatic rings. The first-order valence-corrected chi connectivity index (χ1v) is 6.93. The van der Waals surface area contributed by atoms with E-state index in [0.717, 1.165) is 27.0 Å². The van der Waals surface area contributed by atoms with Crippen LogP contribution in [-0.4, -0.2) is 14.6 Å². The molecule has 2 aromatic heterocycles. The molecule has 2 heterocycles. The molecule has 0 unspecified atom stereocenters. The van der Waals surface area contributed by atoms with E-state index in [1.165, 1.54) is 11.5 Å². The molecule has 0 saturated heterocycles. The highest BCUT2D eigenvalue weighted by Crippen LogP contribution is 2.33. The van der Waals surface area contributed by atoms with Crippen LogP contribution in [0.25, 0.3) is 21.9 Å². The second-order valence-electron chi connectivity index (χ2n) is 3.76. The highest BCUT2D eigenvalue weighted by molar-refractivity contribution is 9.10. The average molecular weight is 325 g/mol. The first-order chi connectivity index (χ1) is 8.69. The van der Waals surface area contributed by atoms with Gasteiger partial charge in [-0.1, -0.05) is 27.3 Å². The highest BCUT2D eigenvalue weighted by atomic mass is 79.9. The van der Waals surface area contributed by atoms with Crippen molar-refractivity contribution in [2.45, 2.75) is 13.3 Å². The number of rotatable bonds is 2. The molecule has 18 heavy (non-hydrogen) atoms. The van der Waals surface area contributed by atoms with Crippen LogP contribution in [0.3, 0.4) is 0 Å². The topological polar surface area (TPSA) is 77.8 Å². The number of nitrogens with zero attached hydrogens (tertiary/aromatic N) is 3. The van der Waals surface area contributed by atoms with Gasteiger partial charge in [0.1, 0.15) is 10.4 Å². The van der Waals surface area contributed by atoms with E-state index in [0.29, 0.717) is 17.2 Å². The van der Waals surface area contributed by atoms with E-state index in [9.17, 15) is 0 Å². The Labute approximate surface area is 115 Å². The van der Waals surface area contributed by atoms with E-state index in [1.54, 1.807) is 6.07 Å². The second-order valence-corrected chi connectivity index (χ2v) is 5.43. The number of nitrogen functional groups attached to an aromatic ring is 1. The number of aryl methyl sites for hydroxylation is 1. The van der Waals surface area contributed by atoms with Crippen molar-refractivity contribution < 1.29 is 4.42 Å². The number of benzene rings is 1. The average Bonchev–Trinajstić information content (AvgIpc) is 2.92. The zero-order valence-corrected chi connectivity index (χ0v) is 11.9. The van der Waals surface area contributed by atoms with Crippen molar-refractivity contribution in [1.29, 1.82) is 0 Å². The van der Waals surface area contributed by atoms with Crippen molar-refractivity contribution in [3.63, 3.8) is 0 Å². The third kappa shape index (κ3) is 1.79. The summed E-state index contributed by atoms with van der Waals surface area (Å²) >= 11 is 4.67. The van der Waals surface area contributed by atoms with Crippen molar-refractivity contribution in [3.8, 4) is 10.8 Å². The third-order valence-electron chi connectivity index (χ3n) is 2.57. The summed E-state index contributed by atoms with van der Waals surface area (Å²) in [7, 11) is 0. The molecule has 5 nitrogen and oxygen atoms in total. The Hall–Kier alpha value is -1.47. The van der Waals surface area contributed by atoms with Crippen molar-refractivity contribution in [1.82, 2.24) is 14.6 Å². The molecule has 0 spiro atoms. The Kier molecular flexibility index (Phi) is 2.79. The first-order valence-electron chi connectivity index (χ1n) is 5.36. The summed E-state index contributed by atoms with van der Waals surface area (Å²) in [6.45, 7) is 2.02. The summed E-state index contributed by atoms with van der Waals surface area (Å²) in [5.74, 6) is 0.529. The maximum Gasteiger partial charge on any atom is 0.241 e. The van der Waals surface area contributed by atoms with Gasteiger partial charge in [0.05, 0.1) is 11.4 Å². The first kappa shape index (κ1) is 11.6. The number of fused-ring (bicyclic) bond motifs is 1. The fraction of sp³-hybridized carbons (Fsp3) is 0.182. The predicted octanol–water partition coefficient (Wildman–Crippen LogP) is 3.25. The molecule has 0 bridgehead atoms. The van der Waals surface area contributed by atoms with Crippen LogP contribution >= 0.6 is 27.5 Å². The lowest BCUT2D eigenvalue weighted by molar-refractivity contribution is 0.621. The van der Waals surface area contributed by atoms with E-state index in [1.807, 2.05) is 13.0 Å². The van der Waals surface area contributed by atoms with Gasteiger partial charge in [-0.3, -0.25) is 0 Å². The zero-order valence-electron chi connectivity index (χ0n) is 9.48. The molecule has 0 saturated carbocycles. The van der Waals surface area contributed by atoms with Crippen LogP contribution in [0.2, 0.25) is 0 Å². The Balaban J connectivity index is 2.22. The third-order valence-corrected chi connectivity index (χ3v) is 3.78. The van der Waals surface area contributed by atoms with Gasteiger partial charge in [-0.25, -0.2) is 4.98 Å². The molecule has 7 heteroatoms. The van der Waals surface area contributed by atoms with Crippen LogP contribution in [0.4, 0.5) is 5.69 Å². The van der Waals surface area contributed by atoms with E-state index < -0.39 is 0 Å². The van der Waals surface area contributed by atoms with Gasteiger partial charge < -0.3 is 10.2 Å². The van der Waals surface area contributed by atoms with Gasteiger partial charge in [-0.15, -0.1) is 5.10 Å². The molecule has 0 radical (unpaired) electrons. The van der Waals surface area contributed by atoms with Gasteiger partial charge in [0, 0.05) is 4.47 Å². The number of hydrogen-bond acceptors (Lipinski definition) is 6. The fourth-order valence-corrected chi connectivity index (χ4v) is 2.86. The molecule has 1 aromatic carbocycles. The number of aromatic nitrogens is 3. The molecule has 2 N–H and O–H groups in total. The summed E-state index contributed by atoms with van der Waals surface area (Å²) in [5.41, 5.74) is 8.69. The molecule has 92 valence electrons. The van der Waals surface area contributed by atoms with Crippen LogP contribution in [0.5, 0.6) is 0 Å². The maximum absolute atomic E-state index is 5.90. The van der Waals surface area contributed by atoms with Crippen LogP contribution in [-0.2, 0) is 6.42 Å². The van der Waals surface area contributed by atoms with Crippen molar-refractivity contribution in [2.24, 2.45) is 0 Å². The van der Waals surface area contributed by atoms with Crippen molar-refractivity contribution in [3.05, 3.63) is 22.3 Å². The minimum atomic E-state index is 0.529. The Morgan fingerprint density at radius 1 is 1.44 bits per heavy atom. The van der Waals surface area contributed by atoms with E-state index in [4.69, 9.17) is 10.2 Å². The lowest BCUT2D eigenvalue weighted by Gasteiger charge is -1.94. The summed E-state index contributed by atoms with van der Waals surface area (Å²) in [6.07, 6.45) is 0.795. The maximum atomic E-state index is 5.90. The summed E-state index contributed by atoms with van der Waals surface area (Å²) in [6, 6.07) is 3.67. The Morgan fingerprint density at radius 2 is 2.28 bits per heavy atom. The molecule has 0 amide bonds. The molecule has 0 atom stereocenters. The number of hydrogen-bond donors (Lipinski definition) is 1. The number of oxazole rings is 1. The lowest BCUT2D eigenvalue weighted by Crippen LogP contribution is -1.84. The molecule has 0 fully saturated rings. The highest BCUT2D eigenvalue weighted by Gasteiger charge is 2.16.